The van der Waals surface area contributed by atoms with Crippen molar-refractivity contribution in [1.29, 1.82) is 0 Å². The van der Waals surface area contributed by atoms with Gasteiger partial charge in [0.2, 0.25) is 0 Å². The molecule has 6 nitrogen and oxygen atoms in total. The third kappa shape index (κ3) is 4.18. The molecule has 0 aliphatic rings. The molecule has 6 heteroatoms. The second-order valence-electron chi connectivity index (χ2n) is 4.16. The van der Waals surface area contributed by atoms with E-state index in [9.17, 15) is 10.1 Å². The standard InChI is InChI=1S/C13H15N3O3/c17-16(18)13-5-3-11(4-6-13)9-19-7-1-2-12-8-14-10-15-12/h3-6,8,10H,1-2,7,9H2,(H,14,15). The highest BCUT2D eigenvalue weighted by molar-refractivity contribution is 5.32. The maximum atomic E-state index is 10.5. The number of non-ortho nitro benzene ring substituents is 1. The molecule has 0 unspecified atom stereocenters. The molecule has 1 aromatic carbocycles. The largest absolute Gasteiger partial charge is 0.377 e. The van der Waals surface area contributed by atoms with Gasteiger partial charge in [-0.3, -0.25) is 10.1 Å². The van der Waals surface area contributed by atoms with Crippen molar-refractivity contribution in [3.05, 3.63) is 58.2 Å². The number of imidazole rings is 1. The van der Waals surface area contributed by atoms with Crippen molar-refractivity contribution in [3.8, 4) is 0 Å². The Hall–Kier alpha value is -2.21. The van der Waals surface area contributed by atoms with Crippen molar-refractivity contribution in [3.63, 3.8) is 0 Å². The molecule has 1 heterocycles. The van der Waals surface area contributed by atoms with E-state index < -0.39 is 4.92 Å². The summed E-state index contributed by atoms with van der Waals surface area (Å²) in [5.74, 6) is 0. The molecule has 0 bridgehead atoms. The number of aromatic nitrogens is 2. The molecule has 1 aromatic heterocycles. The van der Waals surface area contributed by atoms with Gasteiger partial charge >= 0.3 is 0 Å². The average molecular weight is 261 g/mol. The third-order valence-corrected chi connectivity index (χ3v) is 2.71. The number of benzene rings is 1. The Morgan fingerprint density at radius 1 is 1.32 bits per heavy atom. The summed E-state index contributed by atoms with van der Waals surface area (Å²) in [5, 5.41) is 10.5. The summed E-state index contributed by atoms with van der Waals surface area (Å²) in [4.78, 5) is 17.1. The zero-order valence-corrected chi connectivity index (χ0v) is 10.4. The number of H-pyrrole nitrogens is 1. The summed E-state index contributed by atoms with van der Waals surface area (Å²) in [6, 6.07) is 6.41. The van der Waals surface area contributed by atoms with Gasteiger partial charge in [0.05, 0.1) is 17.9 Å². The van der Waals surface area contributed by atoms with Crippen LogP contribution in [-0.2, 0) is 17.8 Å². The van der Waals surface area contributed by atoms with Gasteiger partial charge in [-0.1, -0.05) is 0 Å². The first kappa shape index (κ1) is 13.2. The minimum atomic E-state index is -0.408. The molecular formula is C13H15N3O3. The van der Waals surface area contributed by atoms with Crippen molar-refractivity contribution in [2.24, 2.45) is 0 Å². The summed E-state index contributed by atoms with van der Waals surface area (Å²) in [5.41, 5.74) is 2.13. The molecule has 0 spiro atoms. The van der Waals surface area contributed by atoms with Gasteiger partial charge in [-0.25, -0.2) is 4.98 Å². The highest BCUT2D eigenvalue weighted by atomic mass is 16.6. The number of hydrogen-bond donors (Lipinski definition) is 1. The lowest BCUT2D eigenvalue weighted by molar-refractivity contribution is -0.384. The molecule has 1 N–H and O–H groups in total. The minimum absolute atomic E-state index is 0.1000. The van der Waals surface area contributed by atoms with Crippen LogP contribution in [0.2, 0.25) is 0 Å². The number of rotatable bonds is 7. The van der Waals surface area contributed by atoms with Crippen LogP contribution in [0.3, 0.4) is 0 Å². The fraction of sp³-hybridized carbons (Fsp3) is 0.308. The maximum absolute atomic E-state index is 10.5. The zero-order chi connectivity index (χ0) is 13.5. The molecule has 100 valence electrons. The van der Waals surface area contributed by atoms with E-state index in [4.69, 9.17) is 4.74 Å². The van der Waals surface area contributed by atoms with E-state index in [2.05, 4.69) is 9.97 Å². The highest BCUT2D eigenvalue weighted by Gasteiger charge is 2.03. The van der Waals surface area contributed by atoms with Crippen LogP contribution in [-0.4, -0.2) is 21.5 Å². The van der Waals surface area contributed by atoms with Crippen LogP contribution >= 0.6 is 0 Å². The Bertz CT molecular complexity index is 508. The Morgan fingerprint density at radius 2 is 2.11 bits per heavy atom. The molecule has 19 heavy (non-hydrogen) atoms. The van der Waals surface area contributed by atoms with Crippen LogP contribution in [0.1, 0.15) is 17.7 Å². The Balaban J connectivity index is 1.66. The van der Waals surface area contributed by atoms with E-state index in [0.29, 0.717) is 13.2 Å². The van der Waals surface area contributed by atoms with Gasteiger partial charge in [0.25, 0.3) is 5.69 Å². The monoisotopic (exact) mass is 261 g/mol. The van der Waals surface area contributed by atoms with Crippen LogP contribution in [0.4, 0.5) is 5.69 Å². The molecular weight excluding hydrogens is 246 g/mol. The number of aromatic amines is 1. The number of aryl methyl sites for hydroxylation is 1. The predicted octanol–water partition coefficient (Wildman–Crippen LogP) is 2.47. The van der Waals surface area contributed by atoms with Crippen LogP contribution in [0.25, 0.3) is 0 Å². The van der Waals surface area contributed by atoms with E-state index >= 15 is 0 Å². The predicted molar refractivity (Wildman–Crippen MR) is 69.7 cm³/mol. The SMILES string of the molecule is O=[N+]([O-])c1ccc(COCCCc2cnc[nH]2)cc1. The Labute approximate surface area is 110 Å². The van der Waals surface area contributed by atoms with Gasteiger partial charge < -0.3 is 9.72 Å². The smallest absolute Gasteiger partial charge is 0.269 e. The number of nitrogens with one attached hydrogen (secondary N) is 1. The molecule has 0 radical (unpaired) electrons. The van der Waals surface area contributed by atoms with Crippen LogP contribution < -0.4 is 0 Å². The first-order valence-electron chi connectivity index (χ1n) is 6.04. The minimum Gasteiger partial charge on any atom is -0.377 e. The maximum Gasteiger partial charge on any atom is 0.269 e. The lowest BCUT2D eigenvalue weighted by Gasteiger charge is -2.03. The van der Waals surface area contributed by atoms with Crippen molar-refractivity contribution >= 4 is 5.69 Å². The number of nitrogens with zero attached hydrogens (tertiary/aromatic N) is 2. The molecule has 2 aromatic rings. The van der Waals surface area contributed by atoms with Gasteiger partial charge in [0.15, 0.2) is 0 Å². The molecule has 0 amide bonds. The van der Waals surface area contributed by atoms with Gasteiger partial charge in [-0.05, 0) is 30.5 Å². The van der Waals surface area contributed by atoms with Crippen LogP contribution in [0, 0.1) is 10.1 Å². The zero-order valence-electron chi connectivity index (χ0n) is 10.4. The summed E-state index contributed by atoms with van der Waals surface area (Å²) < 4.78 is 5.51. The Kier molecular flexibility index (Phi) is 4.63. The molecule has 0 fully saturated rings. The average Bonchev–Trinajstić information content (AvgIpc) is 2.92. The van der Waals surface area contributed by atoms with E-state index in [1.54, 1.807) is 24.7 Å². The molecule has 0 saturated heterocycles. The molecule has 0 aliphatic heterocycles. The Morgan fingerprint density at radius 3 is 2.74 bits per heavy atom. The van der Waals surface area contributed by atoms with Gasteiger partial charge in [-0.2, -0.15) is 0 Å². The lowest BCUT2D eigenvalue weighted by Crippen LogP contribution is -1.98. The summed E-state index contributed by atoms with van der Waals surface area (Å²) in [6.45, 7) is 1.12. The van der Waals surface area contributed by atoms with E-state index in [1.807, 2.05) is 0 Å². The van der Waals surface area contributed by atoms with Crippen LogP contribution in [0.15, 0.2) is 36.8 Å². The van der Waals surface area contributed by atoms with E-state index in [0.717, 1.165) is 24.1 Å². The van der Waals surface area contributed by atoms with E-state index in [-0.39, 0.29) is 5.69 Å². The van der Waals surface area contributed by atoms with Gasteiger partial charge in [0.1, 0.15) is 0 Å². The van der Waals surface area contributed by atoms with Crippen molar-refractivity contribution in [1.82, 2.24) is 9.97 Å². The van der Waals surface area contributed by atoms with Crippen LogP contribution in [0.5, 0.6) is 0 Å². The third-order valence-electron chi connectivity index (χ3n) is 2.71. The summed E-state index contributed by atoms with van der Waals surface area (Å²) in [6.07, 6.45) is 5.28. The lowest BCUT2D eigenvalue weighted by atomic mass is 10.2. The fourth-order valence-electron chi connectivity index (χ4n) is 1.69. The normalized spacial score (nSPS) is 10.5. The number of nitro benzene ring substituents is 1. The first-order chi connectivity index (χ1) is 9.25. The second kappa shape index (κ2) is 6.65. The highest BCUT2D eigenvalue weighted by Crippen LogP contribution is 2.12. The van der Waals surface area contributed by atoms with Gasteiger partial charge in [-0.15, -0.1) is 0 Å². The second-order valence-corrected chi connectivity index (χ2v) is 4.16. The molecule has 2 rings (SSSR count). The number of hydrogen-bond acceptors (Lipinski definition) is 4. The van der Waals surface area contributed by atoms with Gasteiger partial charge in [0, 0.05) is 30.6 Å². The molecule has 0 saturated carbocycles. The number of nitro groups is 1. The van der Waals surface area contributed by atoms with Crippen molar-refractivity contribution in [2.75, 3.05) is 6.61 Å². The van der Waals surface area contributed by atoms with Crippen molar-refractivity contribution < 1.29 is 9.66 Å². The molecule has 0 aliphatic carbocycles. The van der Waals surface area contributed by atoms with Crippen molar-refractivity contribution in [2.45, 2.75) is 19.4 Å². The summed E-state index contributed by atoms with van der Waals surface area (Å²) in [7, 11) is 0. The number of ether oxygens (including phenoxy) is 1. The topological polar surface area (TPSA) is 81.1 Å². The fourth-order valence-corrected chi connectivity index (χ4v) is 1.69. The molecule has 0 atom stereocenters. The quantitative estimate of drug-likeness (QED) is 0.471. The first-order valence-corrected chi connectivity index (χ1v) is 6.04. The van der Waals surface area contributed by atoms with E-state index in [1.165, 1.54) is 12.1 Å². The summed E-state index contributed by atoms with van der Waals surface area (Å²) >= 11 is 0.